The van der Waals surface area contributed by atoms with Crippen LogP contribution in [0.3, 0.4) is 0 Å². The summed E-state index contributed by atoms with van der Waals surface area (Å²) in [4.78, 5) is 22.6. The Hall–Kier alpha value is -2.45. The minimum atomic E-state index is -0.466. The van der Waals surface area contributed by atoms with Crippen LogP contribution in [0.5, 0.6) is 0 Å². The molecule has 0 aliphatic carbocycles. The quantitative estimate of drug-likeness (QED) is 0.484. The molecular formula is C15H15Cl2N5O3. The third-order valence-corrected chi connectivity index (χ3v) is 4.17. The minimum absolute atomic E-state index is 0.0207. The highest BCUT2D eigenvalue weighted by molar-refractivity contribution is 6.42. The van der Waals surface area contributed by atoms with Gasteiger partial charge in [-0.1, -0.05) is 23.2 Å². The highest BCUT2D eigenvalue weighted by atomic mass is 35.5. The van der Waals surface area contributed by atoms with Crippen LogP contribution in [0.4, 0.5) is 5.69 Å². The molecule has 0 atom stereocenters. The number of nitrogens with zero attached hydrogens (tertiary/aromatic N) is 4. The third-order valence-electron chi connectivity index (χ3n) is 3.43. The number of hydrogen-bond donors (Lipinski definition) is 1. The second kappa shape index (κ2) is 7.62. The highest BCUT2D eigenvalue weighted by Gasteiger charge is 2.21. The first-order valence-corrected chi connectivity index (χ1v) is 7.93. The number of amides is 1. The molecule has 25 heavy (non-hydrogen) atoms. The van der Waals surface area contributed by atoms with E-state index in [1.54, 1.807) is 20.8 Å². The lowest BCUT2D eigenvalue weighted by Crippen LogP contribution is -2.21. The Balaban J connectivity index is 2.09. The zero-order valence-electron chi connectivity index (χ0n) is 13.7. The van der Waals surface area contributed by atoms with Crippen molar-refractivity contribution in [2.75, 3.05) is 0 Å². The molecule has 132 valence electrons. The van der Waals surface area contributed by atoms with Crippen molar-refractivity contribution < 1.29 is 9.72 Å². The molecule has 1 aromatic carbocycles. The molecule has 0 aliphatic heterocycles. The van der Waals surface area contributed by atoms with Gasteiger partial charge in [0.05, 0.1) is 27.2 Å². The molecule has 0 saturated heterocycles. The van der Waals surface area contributed by atoms with Crippen LogP contribution in [0, 0.1) is 24.0 Å². The number of nitrogens with one attached hydrogen (secondary N) is 1. The predicted octanol–water partition coefficient (Wildman–Crippen LogP) is 3.52. The zero-order chi connectivity index (χ0) is 18.7. The number of carbonyl (C=O) groups excluding carboxylic acids is 1. The van der Waals surface area contributed by atoms with E-state index in [1.165, 1.54) is 22.9 Å². The molecule has 8 nitrogen and oxygen atoms in total. The Kier molecular flexibility index (Phi) is 5.76. The van der Waals surface area contributed by atoms with Crippen molar-refractivity contribution in [3.05, 3.63) is 55.3 Å². The first-order valence-electron chi connectivity index (χ1n) is 7.17. The number of hydrogen-bond acceptors (Lipinski definition) is 5. The van der Waals surface area contributed by atoms with Gasteiger partial charge in [0.15, 0.2) is 0 Å². The summed E-state index contributed by atoms with van der Waals surface area (Å²) in [5.74, 6) is -0.447. The van der Waals surface area contributed by atoms with Crippen LogP contribution >= 0.6 is 23.2 Å². The molecule has 1 heterocycles. The molecular weight excluding hydrogens is 369 g/mol. The van der Waals surface area contributed by atoms with Crippen molar-refractivity contribution in [1.82, 2.24) is 15.2 Å². The summed E-state index contributed by atoms with van der Waals surface area (Å²) >= 11 is 11.7. The van der Waals surface area contributed by atoms with E-state index in [9.17, 15) is 14.9 Å². The van der Waals surface area contributed by atoms with Crippen molar-refractivity contribution >= 4 is 40.5 Å². The van der Waals surface area contributed by atoms with E-state index in [2.05, 4.69) is 15.6 Å². The number of halogens is 2. The fourth-order valence-electron chi connectivity index (χ4n) is 2.21. The second-order valence-electron chi connectivity index (χ2n) is 5.35. The van der Waals surface area contributed by atoms with Crippen LogP contribution in [-0.2, 0) is 6.54 Å². The van der Waals surface area contributed by atoms with Gasteiger partial charge in [-0.15, -0.1) is 0 Å². The molecule has 0 bridgehead atoms. The zero-order valence-corrected chi connectivity index (χ0v) is 15.2. The third kappa shape index (κ3) is 4.34. The average Bonchev–Trinajstić information content (AvgIpc) is 2.81. The fraction of sp³-hybridized carbons (Fsp3) is 0.267. The summed E-state index contributed by atoms with van der Waals surface area (Å²) in [5, 5.41) is 19.7. The smallest absolute Gasteiger partial charge is 0.267 e. The first-order chi connectivity index (χ1) is 11.7. The second-order valence-corrected chi connectivity index (χ2v) is 6.17. The van der Waals surface area contributed by atoms with E-state index in [0.717, 1.165) is 0 Å². The van der Waals surface area contributed by atoms with Crippen LogP contribution in [0.25, 0.3) is 0 Å². The number of nitro groups is 1. The highest BCUT2D eigenvalue weighted by Crippen LogP contribution is 2.23. The van der Waals surface area contributed by atoms with Crippen LogP contribution in [0.2, 0.25) is 10.0 Å². The summed E-state index contributed by atoms with van der Waals surface area (Å²) in [7, 11) is 0. The number of carbonyl (C=O) groups is 1. The Morgan fingerprint density at radius 1 is 1.36 bits per heavy atom. The summed E-state index contributed by atoms with van der Waals surface area (Å²) in [6.45, 7) is 5.07. The number of aryl methyl sites for hydroxylation is 1. The summed E-state index contributed by atoms with van der Waals surface area (Å²) in [5.41, 5.74) is 3.97. The average molecular weight is 384 g/mol. The van der Waals surface area contributed by atoms with Gasteiger partial charge in [-0.05, 0) is 39.0 Å². The normalized spacial score (nSPS) is 11.5. The molecule has 0 fully saturated rings. The van der Waals surface area contributed by atoms with Crippen molar-refractivity contribution in [1.29, 1.82) is 0 Å². The van der Waals surface area contributed by atoms with Gasteiger partial charge in [0.2, 0.25) is 0 Å². The van der Waals surface area contributed by atoms with E-state index in [-0.39, 0.29) is 17.3 Å². The van der Waals surface area contributed by atoms with Crippen LogP contribution in [0.15, 0.2) is 23.3 Å². The van der Waals surface area contributed by atoms with Gasteiger partial charge in [0.1, 0.15) is 11.4 Å². The van der Waals surface area contributed by atoms with Crippen LogP contribution in [0.1, 0.15) is 28.7 Å². The molecule has 0 unspecified atom stereocenters. The lowest BCUT2D eigenvalue weighted by molar-refractivity contribution is -0.386. The van der Waals surface area contributed by atoms with Gasteiger partial charge in [0.25, 0.3) is 5.91 Å². The Labute approximate surface area is 153 Å². The van der Waals surface area contributed by atoms with E-state index in [0.29, 0.717) is 27.7 Å². The fourth-order valence-corrected chi connectivity index (χ4v) is 2.50. The van der Waals surface area contributed by atoms with Crippen molar-refractivity contribution in [2.45, 2.75) is 27.3 Å². The van der Waals surface area contributed by atoms with E-state index < -0.39 is 10.8 Å². The number of aromatic nitrogens is 2. The molecule has 0 saturated carbocycles. The monoisotopic (exact) mass is 383 g/mol. The van der Waals surface area contributed by atoms with Gasteiger partial charge in [-0.2, -0.15) is 10.2 Å². The summed E-state index contributed by atoms with van der Waals surface area (Å²) in [6.07, 6.45) is 0. The summed E-state index contributed by atoms with van der Waals surface area (Å²) < 4.78 is 1.47. The molecule has 0 aliphatic rings. The van der Waals surface area contributed by atoms with E-state index in [4.69, 9.17) is 23.2 Å². The van der Waals surface area contributed by atoms with E-state index in [1.807, 2.05) is 0 Å². The molecule has 0 spiro atoms. The largest absolute Gasteiger partial charge is 0.312 e. The molecule has 2 rings (SSSR count). The maximum Gasteiger partial charge on any atom is 0.312 e. The topological polar surface area (TPSA) is 102 Å². The van der Waals surface area contributed by atoms with Crippen LogP contribution in [-0.4, -0.2) is 26.3 Å². The molecule has 1 aromatic heterocycles. The first kappa shape index (κ1) is 18.9. The van der Waals surface area contributed by atoms with Gasteiger partial charge in [-0.3, -0.25) is 19.6 Å². The van der Waals surface area contributed by atoms with Crippen molar-refractivity contribution in [3.8, 4) is 0 Å². The Bertz CT molecular complexity index is 876. The maximum absolute atomic E-state index is 12.0. The summed E-state index contributed by atoms with van der Waals surface area (Å²) in [6, 6.07) is 4.48. The van der Waals surface area contributed by atoms with Crippen molar-refractivity contribution in [2.24, 2.45) is 5.10 Å². The van der Waals surface area contributed by atoms with Crippen molar-refractivity contribution in [3.63, 3.8) is 0 Å². The molecule has 0 radical (unpaired) electrons. The van der Waals surface area contributed by atoms with Gasteiger partial charge < -0.3 is 0 Å². The maximum atomic E-state index is 12.0. The predicted molar refractivity (Wildman–Crippen MR) is 95.4 cm³/mol. The lowest BCUT2D eigenvalue weighted by Gasteiger charge is -2.05. The van der Waals surface area contributed by atoms with Crippen LogP contribution < -0.4 is 5.43 Å². The Morgan fingerprint density at radius 2 is 2.04 bits per heavy atom. The number of rotatable bonds is 5. The molecule has 10 heteroatoms. The lowest BCUT2D eigenvalue weighted by atomic mass is 10.2. The van der Waals surface area contributed by atoms with Gasteiger partial charge in [-0.25, -0.2) is 5.43 Å². The number of hydrazone groups is 1. The van der Waals surface area contributed by atoms with Gasteiger partial charge >= 0.3 is 5.69 Å². The standard InChI is InChI=1S/C15H15Cl2N5O3/c1-8(7-21-10(3)14(22(24)25)9(2)20-21)18-19-15(23)11-4-5-12(16)13(17)6-11/h4-6H,7H2,1-3H3,(H,19,23). The Morgan fingerprint density at radius 3 is 2.60 bits per heavy atom. The molecule has 2 aromatic rings. The van der Waals surface area contributed by atoms with Gasteiger partial charge in [0, 0.05) is 5.56 Å². The SMILES string of the molecule is CC(Cn1nc(C)c([N+](=O)[O-])c1C)=NNC(=O)c1ccc(Cl)c(Cl)c1. The molecule has 1 N–H and O–H groups in total. The van der Waals surface area contributed by atoms with E-state index >= 15 is 0 Å². The minimum Gasteiger partial charge on any atom is -0.267 e. The molecule has 1 amide bonds. The number of benzene rings is 1.